The highest BCUT2D eigenvalue weighted by molar-refractivity contribution is 7.88. The van der Waals surface area contributed by atoms with Gasteiger partial charge in [-0.05, 0) is 13.3 Å². The molecule has 0 saturated heterocycles. The number of ether oxygens (including phenoxy) is 1. The first-order valence-electron chi connectivity index (χ1n) is 6.55. The molecule has 0 spiro atoms. The summed E-state index contributed by atoms with van der Waals surface area (Å²) < 4.78 is 34.5. The molecule has 0 aliphatic carbocycles. The second-order valence-corrected chi connectivity index (χ2v) is 6.28. The number of hydrogen-bond acceptors (Lipinski definition) is 6. The van der Waals surface area contributed by atoms with E-state index in [4.69, 9.17) is 0 Å². The molecule has 0 aliphatic rings. The first-order valence-corrected chi connectivity index (χ1v) is 7.99. The van der Waals surface area contributed by atoms with E-state index in [1.165, 1.54) is 6.92 Å². The summed E-state index contributed by atoms with van der Waals surface area (Å²) in [5.74, 6) is -2.98. The number of hydrogen-bond donors (Lipinski definition) is 1. The molecule has 8 heteroatoms. The van der Waals surface area contributed by atoms with Crippen LogP contribution in [0.3, 0.4) is 0 Å². The molecule has 0 aromatic heterocycles. The average molecular weight is 309 g/mol. The lowest BCUT2D eigenvalue weighted by molar-refractivity contribution is -0.306. The Kier molecular flexibility index (Phi) is 7.74. The molecule has 0 aromatic rings. The number of carbonyl (C=O) groups excluding carboxylic acids is 2. The van der Waals surface area contributed by atoms with Crippen molar-refractivity contribution in [3.63, 3.8) is 0 Å². The van der Waals surface area contributed by atoms with Crippen molar-refractivity contribution in [3.05, 3.63) is 0 Å². The molecule has 0 fully saturated rings. The molecule has 0 aromatic carbocycles. The Morgan fingerprint density at radius 2 is 1.80 bits per heavy atom. The van der Waals surface area contributed by atoms with Crippen LogP contribution in [0.5, 0.6) is 0 Å². The fraction of sp³-hybridized carbons (Fsp3) is 0.833. The number of aliphatic carboxylic acids is 1. The van der Waals surface area contributed by atoms with E-state index >= 15 is 0 Å². The van der Waals surface area contributed by atoms with Crippen LogP contribution in [0.25, 0.3) is 0 Å². The van der Waals surface area contributed by atoms with Gasteiger partial charge in [0, 0.05) is 12.4 Å². The molecule has 1 atom stereocenters. The third kappa shape index (κ3) is 5.09. The molecule has 118 valence electrons. The van der Waals surface area contributed by atoms with Crippen LogP contribution in [0.2, 0.25) is 0 Å². The van der Waals surface area contributed by atoms with Crippen LogP contribution in [0.1, 0.15) is 52.4 Å². The molecule has 0 heterocycles. The number of unbranched alkanes of at least 4 members (excludes halogenated alkanes) is 3. The van der Waals surface area contributed by atoms with E-state index in [-0.39, 0.29) is 13.0 Å². The molecule has 0 saturated carbocycles. The lowest BCUT2D eigenvalue weighted by Crippen LogP contribution is -2.51. The lowest BCUT2D eigenvalue weighted by Gasteiger charge is -2.28. The van der Waals surface area contributed by atoms with Gasteiger partial charge in [0.15, 0.2) is 4.75 Å². The van der Waals surface area contributed by atoms with Gasteiger partial charge < -0.3 is 14.6 Å². The Hall–Kier alpha value is -1.15. The normalized spacial score (nSPS) is 14.6. The van der Waals surface area contributed by atoms with Gasteiger partial charge in [0.25, 0.3) is 10.1 Å². The zero-order chi connectivity index (χ0) is 15.8. The molecule has 1 unspecified atom stereocenters. The van der Waals surface area contributed by atoms with Crippen molar-refractivity contribution in [1.29, 1.82) is 0 Å². The number of carboxylic acids is 1. The van der Waals surface area contributed by atoms with Crippen LogP contribution < -0.4 is 5.11 Å². The second kappa shape index (κ2) is 8.21. The fourth-order valence-electron chi connectivity index (χ4n) is 1.92. The van der Waals surface area contributed by atoms with Crippen LogP contribution in [0.15, 0.2) is 0 Å². The Morgan fingerprint density at radius 3 is 2.20 bits per heavy atom. The minimum atomic E-state index is -4.93. The summed E-state index contributed by atoms with van der Waals surface area (Å²) in [6.45, 7) is 3.30. The summed E-state index contributed by atoms with van der Waals surface area (Å²) in [4.78, 5) is 22.6. The highest BCUT2D eigenvalue weighted by Crippen LogP contribution is 2.30. The maximum atomic E-state index is 11.9. The van der Waals surface area contributed by atoms with Crippen molar-refractivity contribution < 1.29 is 32.4 Å². The standard InChI is InChI=1S/C12H22O7S/c1-3-5-6-7-8-12(9-10(13)14,20(16,17)18)11(15)19-4-2/h3-9H2,1-2H3,(H,13,14)(H,16,17,18)/p-1. The first-order chi connectivity index (χ1) is 9.21. The molecule has 0 radical (unpaired) electrons. The van der Waals surface area contributed by atoms with E-state index in [9.17, 15) is 27.7 Å². The minimum absolute atomic E-state index is 0.113. The number of carbonyl (C=O) groups is 2. The Bertz CT molecular complexity index is 429. The third-order valence-electron chi connectivity index (χ3n) is 3.01. The van der Waals surface area contributed by atoms with Crippen LogP contribution in [-0.2, 0) is 24.4 Å². The van der Waals surface area contributed by atoms with E-state index in [2.05, 4.69) is 4.74 Å². The molecule has 0 rings (SSSR count). The Labute approximate surface area is 119 Å². The smallest absolute Gasteiger partial charge is 0.330 e. The summed E-state index contributed by atoms with van der Waals surface area (Å²) in [7, 11) is -4.93. The largest absolute Gasteiger partial charge is 0.550 e. The summed E-state index contributed by atoms with van der Waals surface area (Å²) in [5, 5.41) is 10.8. The minimum Gasteiger partial charge on any atom is -0.550 e. The molecule has 0 bridgehead atoms. The number of carboxylic acid groups (broad SMARTS) is 1. The maximum absolute atomic E-state index is 11.9. The fourth-order valence-corrected chi connectivity index (χ4v) is 2.89. The van der Waals surface area contributed by atoms with Gasteiger partial charge in [-0.15, -0.1) is 0 Å². The quantitative estimate of drug-likeness (QED) is 0.349. The predicted molar refractivity (Wildman–Crippen MR) is 69.3 cm³/mol. The number of rotatable bonds is 10. The lowest BCUT2D eigenvalue weighted by atomic mass is 9.96. The van der Waals surface area contributed by atoms with E-state index in [1.54, 1.807) is 0 Å². The van der Waals surface area contributed by atoms with Crippen molar-refractivity contribution >= 4 is 22.1 Å². The van der Waals surface area contributed by atoms with E-state index < -0.39 is 33.2 Å². The monoisotopic (exact) mass is 309 g/mol. The second-order valence-electron chi connectivity index (χ2n) is 4.55. The zero-order valence-corrected chi connectivity index (χ0v) is 12.6. The number of esters is 1. The molecule has 0 amide bonds. The average Bonchev–Trinajstić information content (AvgIpc) is 2.31. The van der Waals surface area contributed by atoms with Crippen molar-refractivity contribution in [1.82, 2.24) is 0 Å². The van der Waals surface area contributed by atoms with Gasteiger partial charge in [0.1, 0.15) is 0 Å². The summed E-state index contributed by atoms with van der Waals surface area (Å²) >= 11 is 0. The SMILES string of the molecule is CCCCCCC(CC(=O)[O-])(C(=O)OCC)S(=O)(=O)O. The van der Waals surface area contributed by atoms with Crippen molar-refractivity contribution in [3.8, 4) is 0 Å². The summed E-state index contributed by atoms with van der Waals surface area (Å²) in [5.41, 5.74) is 0. The molecule has 0 aliphatic heterocycles. The molecule has 7 nitrogen and oxygen atoms in total. The Balaban J connectivity index is 5.33. The van der Waals surface area contributed by atoms with E-state index in [0.29, 0.717) is 12.8 Å². The van der Waals surface area contributed by atoms with Crippen molar-refractivity contribution in [2.45, 2.75) is 57.1 Å². The molecule has 20 heavy (non-hydrogen) atoms. The van der Waals surface area contributed by atoms with Crippen LogP contribution in [0.4, 0.5) is 0 Å². The molecular weight excluding hydrogens is 288 g/mol. The maximum Gasteiger partial charge on any atom is 0.330 e. The predicted octanol–water partition coefficient (Wildman–Crippen LogP) is 0.287. The highest BCUT2D eigenvalue weighted by Gasteiger charge is 2.51. The summed E-state index contributed by atoms with van der Waals surface area (Å²) in [6.07, 6.45) is 1.20. The highest BCUT2D eigenvalue weighted by atomic mass is 32.2. The van der Waals surface area contributed by atoms with Crippen LogP contribution in [-0.4, -0.2) is 36.3 Å². The van der Waals surface area contributed by atoms with E-state index in [1.807, 2.05) is 6.92 Å². The van der Waals surface area contributed by atoms with Gasteiger partial charge in [-0.1, -0.05) is 32.6 Å². The zero-order valence-electron chi connectivity index (χ0n) is 11.8. The van der Waals surface area contributed by atoms with Gasteiger partial charge in [0.05, 0.1) is 6.61 Å². The van der Waals surface area contributed by atoms with Crippen molar-refractivity contribution in [2.75, 3.05) is 6.61 Å². The summed E-state index contributed by atoms with van der Waals surface area (Å²) in [6, 6.07) is 0. The Morgan fingerprint density at radius 1 is 1.20 bits per heavy atom. The molecular formula is C12H21O7S-. The van der Waals surface area contributed by atoms with Gasteiger partial charge in [0.2, 0.25) is 0 Å². The third-order valence-corrected chi connectivity index (χ3v) is 4.51. The van der Waals surface area contributed by atoms with Crippen molar-refractivity contribution in [2.24, 2.45) is 0 Å². The first kappa shape index (κ1) is 18.9. The van der Waals surface area contributed by atoms with E-state index in [0.717, 1.165) is 12.8 Å². The van der Waals surface area contributed by atoms with Gasteiger partial charge in [-0.25, -0.2) is 0 Å². The topological polar surface area (TPSA) is 121 Å². The molecule has 1 N–H and O–H groups in total. The van der Waals surface area contributed by atoms with Gasteiger partial charge >= 0.3 is 5.97 Å². The van der Waals surface area contributed by atoms with Gasteiger partial charge in [-0.2, -0.15) is 8.42 Å². The van der Waals surface area contributed by atoms with Crippen LogP contribution in [0, 0.1) is 0 Å². The van der Waals surface area contributed by atoms with Crippen LogP contribution >= 0.6 is 0 Å². The van der Waals surface area contributed by atoms with Gasteiger partial charge in [-0.3, -0.25) is 9.35 Å².